The van der Waals surface area contributed by atoms with Crippen LogP contribution in [-0.2, 0) is 0 Å². The Bertz CT molecular complexity index is 359. The molecule has 0 bridgehead atoms. The Morgan fingerprint density at radius 1 is 1.35 bits per heavy atom. The highest BCUT2D eigenvalue weighted by Crippen LogP contribution is 2.26. The molecule has 1 aromatic rings. The molecular formula is C14H24N2O. The number of furan rings is 1. The third kappa shape index (κ3) is 3.11. The molecule has 0 amide bonds. The van der Waals surface area contributed by atoms with Gasteiger partial charge in [0, 0.05) is 25.2 Å². The minimum Gasteiger partial charge on any atom is -0.465 e. The first-order valence-corrected chi connectivity index (χ1v) is 6.62. The van der Waals surface area contributed by atoms with Crippen LogP contribution in [0.4, 0.5) is 0 Å². The van der Waals surface area contributed by atoms with Crippen LogP contribution in [0, 0.1) is 6.92 Å². The quantitative estimate of drug-likeness (QED) is 0.871. The third-order valence-corrected chi connectivity index (χ3v) is 3.51. The maximum Gasteiger partial charge on any atom is 0.121 e. The van der Waals surface area contributed by atoms with Gasteiger partial charge in [-0.3, -0.25) is 4.90 Å². The first-order valence-electron chi connectivity index (χ1n) is 6.62. The summed E-state index contributed by atoms with van der Waals surface area (Å²) >= 11 is 0. The zero-order valence-electron chi connectivity index (χ0n) is 11.4. The van der Waals surface area contributed by atoms with Gasteiger partial charge in [0.2, 0.25) is 0 Å². The predicted octanol–water partition coefficient (Wildman–Crippen LogP) is 2.72. The van der Waals surface area contributed by atoms with Crippen molar-refractivity contribution in [3.63, 3.8) is 0 Å². The van der Waals surface area contributed by atoms with Crippen molar-refractivity contribution in [1.82, 2.24) is 10.2 Å². The zero-order chi connectivity index (χ0) is 12.4. The van der Waals surface area contributed by atoms with E-state index in [1.165, 1.54) is 6.42 Å². The highest BCUT2D eigenvalue weighted by atomic mass is 16.3. The second-order valence-electron chi connectivity index (χ2n) is 5.43. The molecule has 1 aliphatic heterocycles. The summed E-state index contributed by atoms with van der Waals surface area (Å²) < 4.78 is 5.71. The van der Waals surface area contributed by atoms with Crippen molar-refractivity contribution in [3.8, 4) is 0 Å². The van der Waals surface area contributed by atoms with Gasteiger partial charge in [0.1, 0.15) is 11.5 Å². The molecule has 1 fully saturated rings. The van der Waals surface area contributed by atoms with Crippen molar-refractivity contribution >= 4 is 0 Å². The van der Waals surface area contributed by atoms with Gasteiger partial charge >= 0.3 is 0 Å². The molecule has 0 radical (unpaired) electrons. The van der Waals surface area contributed by atoms with E-state index in [0.717, 1.165) is 24.6 Å². The van der Waals surface area contributed by atoms with Crippen molar-refractivity contribution < 1.29 is 4.42 Å². The van der Waals surface area contributed by atoms with Gasteiger partial charge in [0.05, 0.1) is 6.04 Å². The summed E-state index contributed by atoms with van der Waals surface area (Å²) in [6, 6.07) is 5.74. The van der Waals surface area contributed by atoms with Crippen LogP contribution in [0.3, 0.4) is 0 Å². The lowest BCUT2D eigenvalue weighted by Crippen LogP contribution is -2.37. The van der Waals surface area contributed by atoms with Gasteiger partial charge in [-0.25, -0.2) is 0 Å². The molecular weight excluding hydrogens is 212 g/mol. The van der Waals surface area contributed by atoms with Crippen molar-refractivity contribution in [2.45, 2.75) is 52.2 Å². The van der Waals surface area contributed by atoms with E-state index in [1.807, 2.05) is 13.0 Å². The molecule has 0 aromatic carbocycles. The number of nitrogens with zero attached hydrogens (tertiary/aromatic N) is 1. The van der Waals surface area contributed by atoms with Gasteiger partial charge in [-0.05, 0) is 32.4 Å². The molecule has 2 atom stereocenters. The molecule has 2 rings (SSSR count). The standard InChI is InChI=1S/C14H24N2O/c1-10(2)15-13-7-8-16(9-13)12(4)14-6-5-11(3)17-14/h5-6,10,12-13,15H,7-9H2,1-4H3. The highest BCUT2D eigenvalue weighted by Gasteiger charge is 2.28. The van der Waals surface area contributed by atoms with E-state index >= 15 is 0 Å². The largest absolute Gasteiger partial charge is 0.465 e. The number of hydrogen-bond donors (Lipinski definition) is 1. The molecule has 96 valence electrons. The lowest BCUT2D eigenvalue weighted by Gasteiger charge is -2.23. The van der Waals surface area contributed by atoms with Crippen LogP contribution in [0.1, 0.15) is 44.8 Å². The Morgan fingerprint density at radius 2 is 2.12 bits per heavy atom. The molecule has 3 nitrogen and oxygen atoms in total. The SMILES string of the molecule is Cc1ccc(C(C)N2CCC(NC(C)C)C2)o1. The fourth-order valence-electron chi connectivity index (χ4n) is 2.60. The minimum atomic E-state index is 0.391. The van der Waals surface area contributed by atoms with Gasteiger partial charge < -0.3 is 9.73 Å². The second kappa shape index (κ2) is 5.23. The minimum absolute atomic E-state index is 0.391. The van der Waals surface area contributed by atoms with E-state index in [0.29, 0.717) is 18.1 Å². The molecule has 3 heteroatoms. The Hall–Kier alpha value is -0.800. The van der Waals surface area contributed by atoms with E-state index < -0.39 is 0 Å². The number of hydrogen-bond acceptors (Lipinski definition) is 3. The monoisotopic (exact) mass is 236 g/mol. The number of likely N-dealkylation sites (tertiary alicyclic amines) is 1. The van der Waals surface area contributed by atoms with Crippen molar-refractivity contribution in [1.29, 1.82) is 0 Å². The molecule has 0 aliphatic carbocycles. The van der Waals surface area contributed by atoms with Crippen LogP contribution in [0.15, 0.2) is 16.5 Å². The Labute approximate surface area is 104 Å². The molecule has 0 spiro atoms. The average Bonchev–Trinajstić information content (AvgIpc) is 2.85. The van der Waals surface area contributed by atoms with Crippen molar-refractivity contribution in [2.75, 3.05) is 13.1 Å². The van der Waals surface area contributed by atoms with Gasteiger partial charge in [-0.1, -0.05) is 13.8 Å². The zero-order valence-corrected chi connectivity index (χ0v) is 11.4. The lowest BCUT2D eigenvalue weighted by atomic mass is 10.2. The van der Waals surface area contributed by atoms with E-state index in [-0.39, 0.29) is 0 Å². The summed E-state index contributed by atoms with van der Waals surface area (Å²) in [6.07, 6.45) is 1.24. The van der Waals surface area contributed by atoms with Crippen LogP contribution in [0.25, 0.3) is 0 Å². The van der Waals surface area contributed by atoms with E-state index in [9.17, 15) is 0 Å². The summed E-state index contributed by atoms with van der Waals surface area (Å²) in [5, 5.41) is 3.61. The fraction of sp³-hybridized carbons (Fsp3) is 0.714. The first kappa shape index (κ1) is 12.7. The van der Waals surface area contributed by atoms with Crippen LogP contribution >= 0.6 is 0 Å². The highest BCUT2D eigenvalue weighted by molar-refractivity contribution is 5.09. The second-order valence-corrected chi connectivity index (χ2v) is 5.43. The maximum absolute atomic E-state index is 5.71. The van der Waals surface area contributed by atoms with Crippen LogP contribution in [0.5, 0.6) is 0 Å². The molecule has 2 heterocycles. The Morgan fingerprint density at radius 3 is 2.71 bits per heavy atom. The lowest BCUT2D eigenvalue weighted by molar-refractivity contribution is 0.223. The van der Waals surface area contributed by atoms with Crippen LogP contribution in [-0.4, -0.2) is 30.1 Å². The summed E-state index contributed by atoms with van der Waals surface area (Å²) in [4.78, 5) is 2.50. The molecule has 17 heavy (non-hydrogen) atoms. The summed E-state index contributed by atoms with van der Waals surface area (Å²) in [5.74, 6) is 2.09. The smallest absolute Gasteiger partial charge is 0.121 e. The van der Waals surface area contributed by atoms with Crippen molar-refractivity contribution in [2.24, 2.45) is 0 Å². The first-order chi connectivity index (χ1) is 8.06. The van der Waals surface area contributed by atoms with Gasteiger partial charge in [0.15, 0.2) is 0 Å². The van der Waals surface area contributed by atoms with Crippen LogP contribution in [0.2, 0.25) is 0 Å². The van der Waals surface area contributed by atoms with Crippen molar-refractivity contribution in [3.05, 3.63) is 23.7 Å². The fourth-order valence-corrected chi connectivity index (χ4v) is 2.60. The van der Waals surface area contributed by atoms with Gasteiger partial charge in [0.25, 0.3) is 0 Å². The number of aryl methyl sites for hydroxylation is 1. The van der Waals surface area contributed by atoms with Crippen LogP contribution < -0.4 is 5.32 Å². The molecule has 1 aromatic heterocycles. The number of rotatable bonds is 4. The number of nitrogens with one attached hydrogen (secondary N) is 1. The summed E-state index contributed by atoms with van der Waals surface area (Å²) in [5.41, 5.74) is 0. The van der Waals surface area contributed by atoms with E-state index in [4.69, 9.17) is 4.42 Å². The molecule has 0 saturated carbocycles. The molecule has 1 saturated heterocycles. The molecule has 1 aliphatic rings. The Kier molecular flexibility index (Phi) is 3.89. The normalized spacial score (nSPS) is 23.5. The molecule has 2 unspecified atom stereocenters. The van der Waals surface area contributed by atoms with E-state index in [1.54, 1.807) is 0 Å². The van der Waals surface area contributed by atoms with Gasteiger partial charge in [-0.15, -0.1) is 0 Å². The van der Waals surface area contributed by atoms with Gasteiger partial charge in [-0.2, -0.15) is 0 Å². The average molecular weight is 236 g/mol. The summed E-state index contributed by atoms with van der Waals surface area (Å²) in [6.45, 7) is 10.9. The topological polar surface area (TPSA) is 28.4 Å². The third-order valence-electron chi connectivity index (χ3n) is 3.51. The van der Waals surface area contributed by atoms with E-state index in [2.05, 4.69) is 37.1 Å². The predicted molar refractivity (Wildman–Crippen MR) is 70.1 cm³/mol. The molecule has 1 N–H and O–H groups in total. The summed E-state index contributed by atoms with van der Waals surface area (Å²) in [7, 11) is 0. The Balaban J connectivity index is 1.92. The maximum atomic E-state index is 5.71.